The summed E-state index contributed by atoms with van der Waals surface area (Å²) in [4.78, 5) is 25.5. The Morgan fingerprint density at radius 3 is 2.00 bits per heavy atom. The van der Waals surface area contributed by atoms with Gasteiger partial charge in [0.2, 0.25) is 0 Å². The highest BCUT2D eigenvalue weighted by atomic mass is 16.5. The summed E-state index contributed by atoms with van der Waals surface area (Å²) in [6.07, 6.45) is 15.8. The molecule has 3 rings (SSSR count). The fourth-order valence-corrected chi connectivity index (χ4v) is 3.09. The minimum atomic E-state index is -0.371. The van der Waals surface area contributed by atoms with Crippen molar-refractivity contribution in [1.82, 2.24) is 15.0 Å². The first-order valence-corrected chi connectivity index (χ1v) is 10.7. The molecule has 5 heteroatoms. The van der Waals surface area contributed by atoms with Crippen LogP contribution in [0, 0.1) is 0 Å². The molecule has 0 saturated carbocycles. The lowest BCUT2D eigenvalue weighted by Crippen LogP contribution is -1.98. The van der Waals surface area contributed by atoms with Crippen molar-refractivity contribution >= 4 is 24.2 Å². The van der Waals surface area contributed by atoms with Crippen molar-refractivity contribution in [3.8, 4) is 22.8 Å². The number of allylic oxidation sites excluding steroid dienone is 2. The second-order valence-electron chi connectivity index (χ2n) is 7.02. The molecule has 0 amide bonds. The number of aromatic nitrogens is 3. The fourth-order valence-electron chi connectivity index (χ4n) is 3.09. The quantitative estimate of drug-likeness (QED) is 0.316. The molecule has 0 radical (unpaired) electrons. The van der Waals surface area contributed by atoms with E-state index in [9.17, 15) is 4.79 Å². The number of hydrogen-bond acceptors (Lipinski definition) is 5. The van der Waals surface area contributed by atoms with Crippen LogP contribution in [0.1, 0.15) is 43.9 Å². The number of ether oxygens (including phenoxy) is 1. The van der Waals surface area contributed by atoms with Gasteiger partial charge in [-0.15, -0.1) is 0 Å². The van der Waals surface area contributed by atoms with Crippen LogP contribution < -0.4 is 0 Å². The van der Waals surface area contributed by atoms with E-state index >= 15 is 0 Å². The van der Waals surface area contributed by atoms with Crippen LogP contribution in [0.5, 0.6) is 0 Å². The summed E-state index contributed by atoms with van der Waals surface area (Å²) in [5.74, 6) is -0.371. The van der Waals surface area contributed by atoms with Gasteiger partial charge in [-0.1, -0.05) is 31.2 Å². The molecular weight excluding hydrogens is 398 g/mol. The molecule has 0 unspecified atom stereocenters. The predicted molar refractivity (Wildman–Crippen MR) is 130 cm³/mol. The summed E-state index contributed by atoms with van der Waals surface area (Å²) >= 11 is 0. The topological polar surface area (TPSA) is 65.0 Å². The minimum absolute atomic E-state index is 0.346. The van der Waals surface area contributed by atoms with Gasteiger partial charge in [0.05, 0.1) is 29.4 Å². The maximum atomic E-state index is 11.6. The van der Waals surface area contributed by atoms with E-state index in [2.05, 4.69) is 29.0 Å². The summed E-state index contributed by atoms with van der Waals surface area (Å²) < 4.78 is 4.95. The maximum Gasteiger partial charge on any atom is 0.330 e. The van der Waals surface area contributed by atoms with Crippen LogP contribution in [0.25, 0.3) is 41.0 Å². The Balaban J connectivity index is 2.01. The van der Waals surface area contributed by atoms with Crippen LogP contribution in [0.3, 0.4) is 0 Å². The average Bonchev–Trinajstić information content (AvgIpc) is 2.82. The lowest BCUT2D eigenvalue weighted by molar-refractivity contribution is -0.137. The Morgan fingerprint density at radius 1 is 0.844 bits per heavy atom. The van der Waals surface area contributed by atoms with E-state index in [0.717, 1.165) is 40.2 Å². The van der Waals surface area contributed by atoms with Crippen LogP contribution in [-0.4, -0.2) is 27.5 Å². The van der Waals surface area contributed by atoms with Crippen molar-refractivity contribution in [3.63, 3.8) is 0 Å². The first-order valence-electron chi connectivity index (χ1n) is 10.7. The van der Waals surface area contributed by atoms with Gasteiger partial charge in [-0.05, 0) is 79.4 Å². The molecule has 3 aromatic rings. The van der Waals surface area contributed by atoms with Crippen LogP contribution >= 0.6 is 0 Å². The summed E-state index contributed by atoms with van der Waals surface area (Å²) in [6.45, 7) is 6.21. The van der Waals surface area contributed by atoms with Gasteiger partial charge >= 0.3 is 5.97 Å². The van der Waals surface area contributed by atoms with E-state index in [1.807, 2.05) is 55.5 Å². The molecule has 0 fully saturated rings. The first-order chi connectivity index (χ1) is 15.6. The fraction of sp³-hybridized carbons (Fsp3) is 0.185. The lowest BCUT2D eigenvalue weighted by atomic mass is 10.1. The van der Waals surface area contributed by atoms with Crippen molar-refractivity contribution in [2.24, 2.45) is 0 Å². The van der Waals surface area contributed by atoms with E-state index < -0.39 is 0 Å². The number of esters is 1. The largest absolute Gasteiger partial charge is 0.463 e. The third kappa shape index (κ3) is 6.32. The molecule has 0 N–H and O–H groups in total. The number of rotatable bonds is 8. The van der Waals surface area contributed by atoms with Gasteiger partial charge in [0.1, 0.15) is 0 Å². The van der Waals surface area contributed by atoms with Crippen molar-refractivity contribution in [3.05, 3.63) is 83.7 Å². The molecule has 0 aliphatic heterocycles. The molecule has 0 aliphatic rings. The summed E-state index contributed by atoms with van der Waals surface area (Å²) in [5, 5.41) is 0. The third-order valence-electron chi connectivity index (χ3n) is 4.54. The van der Waals surface area contributed by atoms with Crippen molar-refractivity contribution < 1.29 is 9.53 Å². The predicted octanol–water partition coefficient (Wildman–Crippen LogP) is 6.24. The highest BCUT2D eigenvalue weighted by Gasteiger charge is 2.09. The molecule has 162 valence electrons. The molecule has 0 aliphatic carbocycles. The second-order valence-corrected chi connectivity index (χ2v) is 7.02. The highest BCUT2D eigenvalue weighted by molar-refractivity contribution is 5.87. The lowest BCUT2D eigenvalue weighted by Gasteiger charge is -2.08. The normalized spacial score (nSPS) is 11.6. The van der Waals surface area contributed by atoms with E-state index in [4.69, 9.17) is 9.72 Å². The number of carbonyl (C=O) groups is 1. The number of carbonyl (C=O) groups excluding carboxylic acids is 1. The first kappa shape index (κ1) is 22.8. The van der Waals surface area contributed by atoms with Gasteiger partial charge in [-0.25, -0.2) is 9.78 Å². The van der Waals surface area contributed by atoms with Crippen LogP contribution in [-0.2, 0) is 9.53 Å². The van der Waals surface area contributed by atoms with Crippen LogP contribution in [0.4, 0.5) is 0 Å². The van der Waals surface area contributed by atoms with Gasteiger partial charge < -0.3 is 4.74 Å². The zero-order chi connectivity index (χ0) is 22.8. The third-order valence-corrected chi connectivity index (χ3v) is 4.54. The SMILES string of the molecule is C/C=C/c1cc(-c2cc(/C=C/CC)ccn2)nc(-c2cc(/C=C/C(=O)OCC)ccn2)c1. The summed E-state index contributed by atoms with van der Waals surface area (Å²) in [6, 6.07) is 11.8. The van der Waals surface area contributed by atoms with Gasteiger partial charge in [0.15, 0.2) is 0 Å². The molecule has 5 nitrogen and oxygen atoms in total. The van der Waals surface area contributed by atoms with Crippen molar-refractivity contribution in [2.45, 2.75) is 27.2 Å². The molecule has 0 spiro atoms. The monoisotopic (exact) mass is 425 g/mol. The van der Waals surface area contributed by atoms with Gasteiger partial charge in [-0.2, -0.15) is 0 Å². The van der Waals surface area contributed by atoms with E-state index in [0.29, 0.717) is 12.3 Å². The van der Waals surface area contributed by atoms with Gasteiger partial charge in [-0.3, -0.25) is 9.97 Å². The summed E-state index contributed by atoms with van der Waals surface area (Å²) in [7, 11) is 0. The zero-order valence-corrected chi connectivity index (χ0v) is 18.7. The Hall–Kier alpha value is -3.86. The zero-order valence-electron chi connectivity index (χ0n) is 18.7. The molecule has 0 atom stereocenters. The highest BCUT2D eigenvalue weighted by Crippen LogP contribution is 2.25. The van der Waals surface area contributed by atoms with Crippen LogP contribution in [0.2, 0.25) is 0 Å². The van der Waals surface area contributed by atoms with E-state index in [-0.39, 0.29) is 5.97 Å². The Kier molecular flexibility index (Phi) is 8.21. The van der Waals surface area contributed by atoms with Crippen LogP contribution in [0.15, 0.2) is 67.0 Å². The number of hydrogen-bond donors (Lipinski definition) is 0. The molecule has 3 heterocycles. The van der Waals surface area contributed by atoms with Crippen molar-refractivity contribution in [2.75, 3.05) is 6.61 Å². The average molecular weight is 426 g/mol. The Bertz CT molecular complexity index is 1160. The maximum absolute atomic E-state index is 11.6. The molecule has 32 heavy (non-hydrogen) atoms. The molecule has 0 bridgehead atoms. The minimum Gasteiger partial charge on any atom is -0.463 e. The Morgan fingerprint density at radius 2 is 1.44 bits per heavy atom. The number of nitrogens with zero attached hydrogens (tertiary/aromatic N) is 3. The van der Waals surface area contributed by atoms with E-state index in [1.165, 1.54) is 6.08 Å². The van der Waals surface area contributed by atoms with Gasteiger partial charge in [0, 0.05) is 18.5 Å². The standard InChI is InChI=1S/C27H27N3O2/c1-4-7-9-20-12-14-28-23(16-20)25-18-22(8-5-2)19-26(30-25)24-17-21(13-15-29-24)10-11-27(31)32-6-3/h5,7-19H,4,6H2,1-3H3/b8-5+,9-7+,11-10+. The van der Waals surface area contributed by atoms with Crippen molar-refractivity contribution in [1.29, 1.82) is 0 Å². The van der Waals surface area contributed by atoms with E-state index in [1.54, 1.807) is 25.4 Å². The smallest absolute Gasteiger partial charge is 0.330 e. The second kappa shape index (κ2) is 11.5. The molecular formula is C27H27N3O2. The molecule has 0 aromatic carbocycles. The number of pyridine rings is 3. The molecule has 3 aromatic heterocycles. The molecule has 0 saturated heterocycles. The van der Waals surface area contributed by atoms with Gasteiger partial charge in [0.25, 0.3) is 0 Å². The Labute approximate surface area is 189 Å². The summed E-state index contributed by atoms with van der Waals surface area (Å²) in [5.41, 5.74) is 5.96.